The van der Waals surface area contributed by atoms with E-state index in [0.29, 0.717) is 30.5 Å². The molecule has 3 heterocycles. The topological polar surface area (TPSA) is 77.5 Å². The van der Waals surface area contributed by atoms with Gasteiger partial charge in [-0.1, -0.05) is 41.9 Å². The second-order valence-corrected chi connectivity index (χ2v) is 13.0. The number of carbonyl (C=O) groups excluding carboxylic acids is 1. The highest BCUT2D eigenvalue weighted by Gasteiger charge is 2.62. The molecule has 3 atom stereocenters. The lowest BCUT2D eigenvalue weighted by Crippen LogP contribution is -2.55. The van der Waals surface area contributed by atoms with Crippen LogP contribution in [0.2, 0.25) is 5.02 Å². The normalized spacial score (nSPS) is 27.4. The van der Waals surface area contributed by atoms with E-state index in [-0.39, 0.29) is 16.2 Å². The Morgan fingerprint density at radius 2 is 1.77 bits per heavy atom. The highest BCUT2D eigenvalue weighted by atomic mass is 35.5. The molecule has 2 fully saturated rings. The van der Waals surface area contributed by atoms with Crippen LogP contribution < -0.4 is 10.2 Å². The van der Waals surface area contributed by atoms with E-state index >= 15 is 4.39 Å². The van der Waals surface area contributed by atoms with E-state index in [4.69, 9.17) is 30.4 Å². The minimum Gasteiger partial charge on any atom is -0.477 e. The molecule has 0 spiro atoms. The molecule has 10 heteroatoms. The van der Waals surface area contributed by atoms with Gasteiger partial charge in [-0.05, 0) is 61.3 Å². The van der Waals surface area contributed by atoms with E-state index in [1.165, 1.54) is 6.07 Å². The van der Waals surface area contributed by atoms with Crippen molar-refractivity contribution >= 4 is 30.3 Å². The molecular weight excluding hydrogens is 524 g/mol. The first-order valence-electron chi connectivity index (χ1n) is 13.4. The molecule has 0 aromatic heterocycles. The van der Waals surface area contributed by atoms with E-state index in [1.54, 1.807) is 25.7 Å². The fraction of sp³-hybridized carbons (Fsp3) is 0.552. The summed E-state index contributed by atoms with van der Waals surface area (Å²) in [6.45, 7) is 13.4. The van der Waals surface area contributed by atoms with Crippen LogP contribution in [0.5, 0.6) is 5.75 Å². The van der Waals surface area contributed by atoms with Crippen LogP contribution in [0.25, 0.3) is 0 Å². The number of carbonyl (C=O) groups is 1. The predicted octanol–water partition coefficient (Wildman–Crippen LogP) is 5.50. The molecule has 0 saturated carbocycles. The second kappa shape index (κ2) is 9.37. The van der Waals surface area contributed by atoms with Crippen LogP contribution in [0.3, 0.4) is 0 Å². The number of hydrogen-bond acceptors (Lipinski definition) is 6. The van der Waals surface area contributed by atoms with Gasteiger partial charge in [-0.2, -0.15) is 0 Å². The van der Waals surface area contributed by atoms with Gasteiger partial charge in [0.2, 0.25) is 0 Å². The van der Waals surface area contributed by atoms with Crippen molar-refractivity contribution in [3.63, 3.8) is 0 Å². The Kier molecular flexibility index (Phi) is 6.78. The zero-order valence-electron chi connectivity index (χ0n) is 23.5. The van der Waals surface area contributed by atoms with Gasteiger partial charge in [-0.15, -0.1) is 0 Å². The lowest BCUT2D eigenvalue weighted by atomic mass is 9.71. The molecule has 3 aliphatic heterocycles. The Labute approximate surface area is 234 Å². The Hall–Kier alpha value is -2.33. The van der Waals surface area contributed by atoms with Crippen LogP contribution >= 0.6 is 11.6 Å². The maximum absolute atomic E-state index is 15.3. The first-order valence-corrected chi connectivity index (χ1v) is 13.8. The molecule has 0 aliphatic carbocycles. The second-order valence-electron chi connectivity index (χ2n) is 12.6. The molecule has 0 bridgehead atoms. The van der Waals surface area contributed by atoms with Gasteiger partial charge in [-0.25, -0.2) is 9.18 Å². The molecule has 0 unspecified atom stereocenters. The minimum atomic E-state index is -1.45. The number of aliphatic hydroxyl groups is 1. The zero-order chi connectivity index (χ0) is 28.5. The van der Waals surface area contributed by atoms with Crippen LogP contribution in [0.1, 0.15) is 78.5 Å². The average molecular weight is 560 g/mol. The maximum atomic E-state index is 15.3. The molecular formula is C29H36BClFNO6. The third-order valence-electron chi connectivity index (χ3n) is 8.31. The van der Waals surface area contributed by atoms with Crippen molar-refractivity contribution in [1.82, 2.24) is 4.90 Å². The van der Waals surface area contributed by atoms with Crippen LogP contribution in [0, 0.1) is 5.82 Å². The minimum absolute atomic E-state index is 0.133. The van der Waals surface area contributed by atoms with Gasteiger partial charge in [0.1, 0.15) is 23.3 Å². The molecule has 5 rings (SSSR count). The number of aliphatic hydroxyl groups excluding tert-OH is 1. The fourth-order valence-corrected chi connectivity index (χ4v) is 6.00. The van der Waals surface area contributed by atoms with Crippen LogP contribution in [-0.4, -0.2) is 52.6 Å². The highest BCUT2D eigenvalue weighted by molar-refractivity contribution is 6.66. The number of rotatable bonds is 3. The molecule has 2 saturated heterocycles. The van der Waals surface area contributed by atoms with E-state index in [2.05, 4.69) is 0 Å². The van der Waals surface area contributed by atoms with Crippen molar-refractivity contribution in [3.8, 4) is 5.75 Å². The molecule has 2 aromatic carbocycles. The van der Waals surface area contributed by atoms with Crippen molar-refractivity contribution in [2.24, 2.45) is 0 Å². The number of halogens is 2. The number of hydrogen-bond donors (Lipinski definition) is 1. The van der Waals surface area contributed by atoms with Gasteiger partial charge in [-0.3, -0.25) is 0 Å². The summed E-state index contributed by atoms with van der Waals surface area (Å²) in [7, 11) is -1.04. The van der Waals surface area contributed by atoms with Crippen LogP contribution in [0.4, 0.5) is 9.18 Å². The number of benzene rings is 2. The maximum Gasteiger partial charge on any atom is 0.497 e. The number of nitrogens with zero attached hydrogens (tertiary/aromatic N) is 1. The van der Waals surface area contributed by atoms with Crippen molar-refractivity contribution in [2.75, 3.05) is 6.54 Å². The largest absolute Gasteiger partial charge is 0.497 e. The van der Waals surface area contributed by atoms with Crippen molar-refractivity contribution in [2.45, 2.75) is 95.9 Å². The number of fused-ring (bicyclic) bond motifs is 1. The van der Waals surface area contributed by atoms with Crippen molar-refractivity contribution < 1.29 is 33.1 Å². The number of ether oxygens (including phenoxy) is 2. The molecule has 7 nitrogen and oxygen atoms in total. The quantitative estimate of drug-likeness (QED) is 0.501. The van der Waals surface area contributed by atoms with Gasteiger partial charge in [0.25, 0.3) is 0 Å². The molecule has 1 amide bonds. The first-order chi connectivity index (χ1) is 18.1. The Bertz CT molecular complexity index is 1270. The standard InChI is InChI=1S/C29H36BClFNO6/c1-26(2,3)37-25(35)33-15-11-14-20(33)29(17-12-9-8-10-13-17)24(34)21-19(36-29)16-18(32)23(31)22(21)30-38-27(4,5)28(6,7)39-30/h8-10,12-13,16,20,24,34H,11,14-15H2,1-7H3/t20-,24-,29-/m0/s1. The third kappa shape index (κ3) is 4.51. The van der Waals surface area contributed by atoms with Crippen LogP contribution in [-0.2, 0) is 19.6 Å². The molecule has 0 radical (unpaired) electrons. The number of likely N-dealkylation sites (tertiary alicyclic amines) is 1. The van der Waals surface area contributed by atoms with Crippen molar-refractivity contribution in [1.29, 1.82) is 0 Å². The Balaban J connectivity index is 1.66. The smallest absolute Gasteiger partial charge is 0.477 e. The molecule has 39 heavy (non-hydrogen) atoms. The van der Waals surface area contributed by atoms with Gasteiger partial charge in [0.15, 0.2) is 5.60 Å². The predicted molar refractivity (Wildman–Crippen MR) is 147 cm³/mol. The lowest BCUT2D eigenvalue weighted by Gasteiger charge is -2.42. The molecule has 3 aliphatic rings. The lowest BCUT2D eigenvalue weighted by molar-refractivity contribution is -0.0860. The molecule has 1 N–H and O–H groups in total. The summed E-state index contributed by atoms with van der Waals surface area (Å²) in [5, 5.41) is 12.1. The summed E-state index contributed by atoms with van der Waals surface area (Å²) in [6, 6.07) is 9.80. The summed E-state index contributed by atoms with van der Waals surface area (Å²) >= 11 is 6.57. The van der Waals surface area contributed by atoms with Crippen LogP contribution in [0.15, 0.2) is 36.4 Å². The highest BCUT2D eigenvalue weighted by Crippen LogP contribution is 2.55. The molecule has 2 aromatic rings. The van der Waals surface area contributed by atoms with E-state index in [1.807, 2.05) is 58.0 Å². The van der Waals surface area contributed by atoms with E-state index in [0.717, 1.165) is 0 Å². The van der Waals surface area contributed by atoms with Gasteiger partial charge < -0.3 is 28.8 Å². The van der Waals surface area contributed by atoms with Crippen molar-refractivity contribution in [3.05, 3.63) is 58.4 Å². The average Bonchev–Trinajstić information content (AvgIpc) is 3.48. The van der Waals surface area contributed by atoms with Gasteiger partial charge in [0, 0.05) is 29.2 Å². The first kappa shape index (κ1) is 28.2. The summed E-state index contributed by atoms with van der Waals surface area (Å²) in [5.74, 6) is -0.583. The zero-order valence-corrected chi connectivity index (χ0v) is 24.3. The monoisotopic (exact) mass is 559 g/mol. The fourth-order valence-electron chi connectivity index (χ4n) is 5.76. The summed E-state index contributed by atoms with van der Waals surface area (Å²) in [6.07, 6.45) is -0.594. The van der Waals surface area contributed by atoms with Gasteiger partial charge in [0.05, 0.1) is 22.3 Å². The third-order valence-corrected chi connectivity index (χ3v) is 8.69. The SMILES string of the molecule is CC(C)(C)OC(=O)N1CCC[C@H]1[C@]1(c2ccccc2)Oc2cc(F)c(Cl)c(B3OC(C)(C)C(C)(C)O3)c2[C@@H]1O. The number of amides is 1. The summed E-state index contributed by atoms with van der Waals surface area (Å²) in [5.41, 5.74) is -2.47. The summed E-state index contributed by atoms with van der Waals surface area (Å²) < 4.78 is 40.2. The Morgan fingerprint density at radius 3 is 2.36 bits per heavy atom. The molecule has 210 valence electrons. The van der Waals surface area contributed by atoms with E-state index in [9.17, 15) is 9.90 Å². The summed E-state index contributed by atoms with van der Waals surface area (Å²) in [4.78, 5) is 15.0. The van der Waals surface area contributed by atoms with E-state index < -0.39 is 53.6 Å². The van der Waals surface area contributed by atoms with Gasteiger partial charge >= 0.3 is 13.2 Å². The Morgan fingerprint density at radius 1 is 1.15 bits per heavy atom.